The van der Waals surface area contributed by atoms with Gasteiger partial charge in [0.15, 0.2) is 0 Å². The van der Waals surface area contributed by atoms with E-state index in [1.807, 2.05) is 29.2 Å². The molecule has 0 aromatic heterocycles. The molecule has 3 rings (SSSR count). The van der Waals surface area contributed by atoms with Gasteiger partial charge in [-0.25, -0.2) is 0 Å². The van der Waals surface area contributed by atoms with Crippen LogP contribution in [0, 0.1) is 5.92 Å². The van der Waals surface area contributed by atoms with Crippen LogP contribution in [0.2, 0.25) is 0 Å². The minimum Gasteiger partial charge on any atom is -0.310 e. The molecule has 0 bridgehead atoms. The van der Waals surface area contributed by atoms with Crippen LogP contribution in [-0.4, -0.2) is 22.4 Å². The highest BCUT2D eigenvalue weighted by atomic mass is 32.2. The van der Waals surface area contributed by atoms with Crippen molar-refractivity contribution in [2.24, 2.45) is 5.92 Å². The first-order valence-electron chi connectivity index (χ1n) is 6.06. The number of hydrogen-bond donors (Lipinski definition) is 0. The summed E-state index contributed by atoms with van der Waals surface area (Å²) in [5, 5.41) is 0. The van der Waals surface area contributed by atoms with E-state index in [2.05, 4.69) is 0 Å². The molecule has 1 aliphatic heterocycles. The van der Waals surface area contributed by atoms with Crippen molar-refractivity contribution < 1.29 is 9.00 Å². The summed E-state index contributed by atoms with van der Waals surface area (Å²) in [6.45, 7) is 0.596. The number of rotatable bonds is 1. The van der Waals surface area contributed by atoms with Crippen molar-refractivity contribution in [1.82, 2.24) is 0 Å². The third-order valence-electron chi connectivity index (χ3n) is 3.62. The number of benzene rings is 1. The van der Waals surface area contributed by atoms with E-state index >= 15 is 0 Å². The van der Waals surface area contributed by atoms with Gasteiger partial charge in [-0.1, -0.05) is 18.6 Å². The summed E-state index contributed by atoms with van der Waals surface area (Å²) in [5.74, 6) is 0.991. The molecule has 0 N–H and O–H groups in total. The molecule has 0 radical (unpaired) electrons. The first-order chi connectivity index (χ1) is 8.27. The zero-order valence-electron chi connectivity index (χ0n) is 9.59. The summed E-state index contributed by atoms with van der Waals surface area (Å²) < 4.78 is 11.9. The van der Waals surface area contributed by atoms with Gasteiger partial charge in [-0.05, 0) is 25.0 Å². The van der Waals surface area contributed by atoms with Crippen molar-refractivity contribution >= 4 is 22.4 Å². The van der Waals surface area contributed by atoms with E-state index in [1.165, 1.54) is 0 Å². The molecule has 1 unspecified atom stereocenters. The molecule has 1 aliphatic carbocycles. The summed E-state index contributed by atoms with van der Waals surface area (Å²) in [5.41, 5.74) is 0.856. The summed E-state index contributed by atoms with van der Waals surface area (Å²) in [6, 6.07) is 7.56. The lowest BCUT2D eigenvalue weighted by atomic mass is 9.84. The predicted molar refractivity (Wildman–Crippen MR) is 67.4 cm³/mol. The second kappa shape index (κ2) is 4.26. The third kappa shape index (κ3) is 1.80. The van der Waals surface area contributed by atoms with Gasteiger partial charge in [0.1, 0.15) is 0 Å². The van der Waals surface area contributed by atoms with Crippen LogP contribution in [0.1, 0.15) is 19.3 Å². The second-order valence-electron chi connectivity index (χ2n) is 4.64. The number of carbonyl (C=O) groups excluding carboxylic acids is 1. The van der Waals surface area contributed by atoms with E-state index in [-0.39, 0.29) is 11.8 Å². The fourth-order valence-electron chi connectivity index (χ4n) is 2.38. The van der Waals surface area contributed by atoms with Gasteiger partial charge in [0.2, 0.25) is 5.91 Å². The van der Waals surface area contributed by atoms with E-state index in [1.54, 1.807) is 0 Å². The highest BCUT2D eigenvalue weighted by Crippen LogP contribution is 2.34. The van der Waals surface area contributed by atoms with Crippen LogP contribution in [0.5, 0.6) is 0 Å². The highest BCUT2D eigenvalue weighted by Gasteiger charge is 2.33. The molecule has 1 amide bonds. The maximum absolute atomic E-state index is 12.3. The van der Waals surface area contributed by atoms with Crippen LogP contribution < -0.4 is 4.90 Å². The van der Waals surface area contributed by atoms with Crippen LogP contribution >= 0.6 is 0 Å². The fourth-order valence-corrected chi connectivity index (χ4v) is 3.59. The number of para-hydroxylation sites is 1. The molecule has 3 nitrogen and oxygen atoms in total. The molecule has 17 heavy (non-hydrogen) atoms. The van der Waals surface area contributed by atoms with Crippen molar-refractivity contribution in [3.8, 4) is 0 Å². The monoisotopic (exact) mass is 249 g/mol. The van der Waals surface area contributed by atoms with Gasteiger partial charge in [0, 0.05) is 18.2 Å². The highest BCUT2D eigenvalue weighted by molar-refractivity contribution is 7.85. The molecule has 1 saturated carbocycles. The molecular weight excluding hydrogens is 234 g/mol. The van der Waals surface area contributed by atoms with Gasteiger partial charge in [-0.3, -0.25) is 9.00 Å². The zero-order valence-corrected chi connectivity index (χ0v) is 10.4. The molecule has 1 aromatic rings. The largest absolute Gasteiger partial charge is 0.310 e. The number of hydrogen-bond acceptors (Lipinski definition) is 2. The Morgan fingerprint density at radius 1 is 1.29 bits per heavy atom. The van der Waals surface area contributed by atoms with E-state index in [9.17, 15) is 9.00 Å². The van der Waals surface area contributed by atoms with E-state index in [4.69, 9.17) is 0 Å². The Morgan fingerprint density at radius 3 is 2.76 bits per heavy atom. The number of nitrogens with zero attached hydrogens (tertiary/aromatic N) is 1. The minimum absolute atomic E-state index is 0.203. The lowest BCUT2D eigenvalue weighted by Gasteiger charge is -2.34. The Morgan fingerprint density at radius 2 is 2.06 bits per heavy atom. The predicted octanol–water partition coefficient (Wildman–Crippen LogP) is 1.94. The van der Waals surface area contributed by atoms with Gasteiger partial charge < -0.3 is 4.90 Å². The summed E-state index contributed by atoms with van der Waals surface area (Å²) in [4.78, 5) is 14.9. The molecule has 0 saturated heterocycles. The average molecular weight is 249 g/mol. The van der Waals surface area contributed by atoms with E-state index < -0.39 is 10.8 Å². The van der Waals surface area contributed by atoms with Gasteiger partial charge in [-0.15, -0.1) is 0 Å². The van der Waals surface area contributed by atoms with Crippen LogP contribution in [0.25, 0.3) is 0 Å². The topological polar surface area (TPSA) is 37.4 Å². The van der Waals surface area contributed by atoms with E-state index in [0.29, 0.717) is 12.3 Å². The molecule has 90 valence electrons. The number of anilines is 1. The van der Waals surface area contributed by atoms with Crippen molar-refractivity contribution in [3.05, 3.63) is 24.3 Å². The lowest BCUT2D eigenvalue weighted by Crippen LogP contribution is -2.43. The maximum Gasteiger partial charge on any atom is 0.230 e. The molecule has 1 aromatic carbocycles. The molecule has 1 fully saturated rings. The smallest absolute Gasteiger partial charge is 0.230 e. The van der Waals surface area contributed by atoms with Crippen LogP contribution in [0.3, 0.4) is 0 Å². The molecule has 1 atom stereocenters. The first-order valence-corrected chi connectivity index (χ1v) is 7.38. The SMILES string of the molecule is O=C(C1CCC1)N1CCS(=O)c2ccccc21. The van der Waals surface area contributed by atoms with Crippen molar-refractivity contribution in [2.75, 3.05) is 17.2 Å². The molecular formula is C13H15NO2S. The molecule has 0 spiro atoms. The Balaban J connectivity index is 1.94. The Hall–Kier alpha value is -1.16. The molecule has 4 heteroatoms. The second-order valence-corrected chi connectivity index (χ2v) is 6.17. The van der Waals surface area contributed by atoms with Crippen LogP contribution in [-0.2, 0) is 15.6 Å². The lowest BCUT2D eigenvalue weighted by molar-refractivity contribution is -0.124. The number of fused-ring (bicyclic) bond motifs is 1. The zero-order chi connectivity index (χ0) is 11.8. The number of carbonyl (C=O) groups is 1. The van der Waals surface area contributed by atoms with Crippen molar-refractivity contribution in [3.63, 3.8) is 0 Å². The summed E-state index contributed by atoms with van der Waals surface area (Å²) in [6.07, 6.45) is 3.19. The standard InChI is InChI=1S/C13H15NO2S/c15-13(10-4-3-5-10)14-8-9-17(16)12-7-2-1-6-11(12)14/h1-2,6-7,10H,3-5,8-9H2. The van der Waals surface area contributed by atoms with Crippen LogP contribution in [0.15, 0.2) is 29.2 Å². The summed E-state index contributed by atoms with van der Waals surface area (Å²) in [7, 11) is -0.943. The molecule has 2 aliphatic rings. The molecule has 1 heterocycles. The van der Waals surface area contributed by atoms with Gasteiger partial charge in [0.05, 0.1) is 21.4 Å². The summed E-state index contributed by atoms with van der Waals surface area (Å²) >= 11 is 0. The van der Waals surface area contributed by atoms with Crippen molar-refractivity contribution in [1.29, 1.82) is 0 Å². The normalized spacial score (nSPS) is 24.0. The maximum atomic E-state index is 12.3. The quantitative estimate of drug-likeness (QED) is 0.762. The van der Waals surface area contributed by atoms with Gasteiger partial charge in [-0.2, -0.15) is 0 Å². The first kappa shape index (κ1) is 11.0. The average Bonchev–Trinajstić information content (AvgIpc) is 2.27. The van der Waals surface area contributed by atoms with Gasteiger partial charge in [0.25, 0.3) is 0 Å². The Bertz CT molecular complexity index is 482. The van der Waals surface area contributed by atoms with Crippen LogP contribution in [0.4, 0.5) is 5.69 Å². The van der Waals surface area contributed by atoms with Crippen molar-refractivity contribution in [2.45, 2.75) is 24.2 Å². The Labute approximate surface area is 103 Å². The van der Waals surface area contributed by atoms with Gasteiger partial charge >= 0.3 is 0 Å². The fraction of sp³-hybridized carbons (Fsp3) is 0.462. The Kier molecular flexibility index (Phi) is 2.74. The minimum atomic E-state index is -0.943. The number of amides is 1. The van der Waals surface area contributed by atoms with E-state index in [0.717, 1.165) is 29.8 Å². The third-order valence-corrected chi connectivity index (χ3v) is 5.01.